The lowest BCUT2D eigenvalue weighted by atomic mass is 10.1. The van der Waals surface area contributed by atoms with Crippen LogP contribution in [-0.2, 0) is 4.74 Å². The molecule has 1 aliphatic heterocycles. The lowest BCUT2D eigenvalue weighted by Crippen LogP contribution is -2.20. The first kappa shape index (κ1) is 22.3. The molecular formula is C24H30N4O3. The van der Waals surface area contributed by atoms with Gasteiger partial charge in [0.05, 0.1) is 17.7 Å². The molecule has 3 aromatic rings. The average molecular weight is 423 g/mol. The van der Waals surface area contributed by atoms with Gasteiger partial charge in [-0.05, 0) is 55.5 Å². The van der Waals surface area contributed by atoms with Gasteiger partial charge in [0.1, 0.15) is 11.6 Å². The predicted molar refractivity (Wildman–Crippen MR) is 123 cm³/mol. The molecule has 7 heteroatoms. The number of aromatic nitrogens is 2. The third-order valence-corrected chi connectivity index (χ3v) is 4.94. The van der Waals surface area contributed by atoms with Crippen LogP contribution in [0.5, 0.6) is 5.75 Å². The van der Waals surface area contributed by atoms with Crippen molar-refractivity contribution in [1.82, 2.24) is 9.97 Å². The summed E-state index contributed by atoms with van der Waals surface area (Å²) in [6.07, 6.45) is 1.70. The second-order valence-electron chi connectivity index (χ2n) is 8.13. The van der Waals surface area contributed by atoms with Gasteiger partial charge < -0.3 is 20.5 Å². The maximum atomic E-state index is 10.2. The van der Waals surface area contributed by atoms with Crippen LogP contribution in [0.25, 0.3) is 22.3 Å². The van der Waals surface area contributed by atoms with Gasteiger partial charge in [-0.25, -0.2) is 14.8 Å². The third kappa shape index (κ3) is 5.84. The zero-order valence-electron chi connectivity index (χ0n) is 18.3. The predicted octanol–water partition coefficient (Wildman–Crippen LogP) is 4.65. The number of anilines is 1. The fraction of sp³-hybridized carbons (Fsp3) is 0.375. The Kier molecular flexibility index (Phi) is 7.28. The molecule has 0 atom stereocenters. The molecule has 164 valence electrons. The van der Waals surface area contributed by atoms with Crippen molar-refractivity contribution in [3.05, 3.63) is 48.0 Å². The molecule has 0 aliphatic carbocycles. The van der Waals surface area contributed by atoms with Crippen molar-refractivity contribution < 1.29 is 14.6 Å². The number of phenolic OH excluding ortho intramolecular Hbond substituents is 1. The van der Waals surface area contributed by atoms with Crippen LogP contribution < -0.4 is 10.6 Å². The normalized spacial score (nSPS) is 13.2. The smallest absolute Gasteiger partial charge is 0.404 e. The highest BCUT2D eigenvalue weighted by Crippen LogP contribution is 2.32. The van der Waals surface area contributed by atoms with Crippen molar-refractivity contribution in [2.24, 2.45) is 11.7 Å². The topological polar surface area (TPSA) is 102 Å². The second-order valence-corrected chi connectivity index (χ2v) is 8.13. The van der Waals surface area contributed by atoms with Crippen molar-refractivity contribution in [2.45, 2.75) is 33.6 Å². The van der Waals surface area contributed by atoms with Crippen molar-refractivity contribution in [2.75, 3.05) is 24.6 Å². The fourth-order valence-electron chi connectivity index (χ4n) is 3.42. The zero-order valence-corrected chi connectivity index (χ0v) is 18.3. The number of aryl methyl sites for hydroxylation is 1. The van der Waals surface area contributed by atoms with E-state index in [1.54, 1.807) is 6.07 Å². The molecule has 1 amide bonds. The Balaban J connectivity index is 0.000000293. The Bertz CT molecular complexity index is 1050. The summed E-state index contributed by atoms with van der Waals surface area (Å²) in [5.41, 5.74) is 7.46. The number of hydrogen-bond donors (Lipinski definition) is 2. The molecule has 0 spiro atoms. The summed E-state index contributed by atoms with van der Waals surface area (Å²) in [5.74, 6) is 2.14. The number of phenols is 1. The number of nitrogens with zero attached hydrogens (tertiary/aromatic N) is 3. The van der Waals surface area contributed by atoms with Crippen molar-refractivity contribution >= 4 is 22.8 Å². The minimum Gasteiger partial charge on any atom is -0.507 e. The summed E-state index contributed by atoms with van der Waals surface area (Å²) >= 11 is 0. The van der Waals surface area contributed by atoms with Gasteiger partial charge in [0.2, 0.25) is 0 Å². The number of para-hydroxylation sites is 1. The summed E-state index contributed by atoms with van der Waals surface area (Å²) in [7, 11) is 0. The van der Waals surface area contributed by atoms with Gasteiger partial charge in [0.15, 0.2) is 5.82 Å². The van der Waals surface area contributed by atoms with Crippen LogP contribution in [0.1, 0.15) is 32.3 Å². The molecule has 1 saturated heterocycles. The van der Waals surface area contributed by atoms with Crippen LogP contribution in [-0.4, -0.2) is 40.9 Å². The quantitative estimate of drug-likeness (QED) is 0.635. The summed E-state index contributed by atoms with van der Waals surface area (Å²) in [6.45, 7) is 8.43. The number of ether oxygens (including phenoxy) is 1. The fourth-order valence-corrected chi connectivity index (χ4v) is 3.42. The number of fused-ring (bicyclic) bond motifs is 1. The van der Waals surface area contributed by atoms with Gasteiger partial charge in [0.25, 0.3) is 0 Å². The number of hydrogen-bond acceptors (Lipinski definition) is 6. The summed E-state index contributed by atoms with van der Waals surface area (Å²) < 4.78 is 4.44. The molecule has 31 heavy (non-hydrogen) atoms. The van der Waals surface area contributed by atoms with Gasteiger partial charge in [-0.3, -0.25) is 0 Å². The van der Waals surface area contributed by atoms with E-state index in [0.29, 0.717) is 23.9 Å². The molecular weight excluding hydrogens is 392 g/mol. The van der Waals surface area contributed by atoms with Crippen LogP contribution >= 0.6 is 0 Å². The van der Waals surface area contributed by atoms with Gasteiger partial charge in [-0.15, -0.1) is 0 Å². The number of carbonyl (C=O) groups excluding carboxylic acids is 1. The first-order valence-corrected chi connectivity index (χ1v) is 10.6. The van der Waals surface area contributed by atoms with E-state index in [4.69, 9.17) is 9.97 Å². The van der Waals surface area contributed by atoms with Crippen LogP contribution in [0.4, 0.5) is 10.6 Å². The Labute approximate surface area is 182 Å². The van der Waals surface area contributed by atoms with Gasteiger partial charge in [-0.1, -0.05) is 32.0 Å². The summed E-state index contributed by atoms with van der Waals surface area (Å²) in [5, 5.41) is 11.2. The Morgan fingerprint density at radius 2 is 1.87 bits per heavy atom. The standard InChI is InChI=1S/C19H19N3O.C5H11NO2/c1-13-8-9-14-16(12-13)20-18(15-6-2-3-7-17(15)23)21-19(14)22-10-4-5-11-22;1-4(2)3-8-5(6)7/h2-3,6-9,12,23H,4-5,10-11H2,1H3;4H,3H2,1-2H3,(H2,6,7). The SMILES string of the molecule is CC(C)COC(N)=O.Cc1ccc2c(N3CCCC3)nc(-c3ccccc3O)nc2c1. The van der Waals surface area contributed by atoms with Gasteiger partial charge in [0, 0.05) is 18.5 Å². The van der Waals surface area contributed by atoms with Crippen LogP contribution in [0, 0.1) is 12.8 Å². The molecule has 0 radical (unpaired) electrons. The van der Waals surface area contributed by atoms with E-state index in [9.17, 15) is 9.90 Å². The number of rotatable bonds is 4. The van der Waals surface area contributed by atoms with Crippen molar-refractivity contribution in [1.29, 1.82) is 0 Å². The molecule has 0 bridgehead atoms. The van der Waals surface area contributed by atoms with Gasteiger partial charge >= 0.3 is 6.09 Å². The van der Waals surface area contributed by atoms with E-state index < -0.39 is 6.09 Å². The molecule has 3 N–H and O–H groups in total. The number of nitrogens with two attached hydrogens (primary N) is 1. The van der Waals surface area contributed by atoms with Gasteiger partial charge in [-0.2, -0.15) is 0 Å². The second kappa shape index (κ2) is 10.1. The highest BCUT2D eigenvalue weighted by atomic mass is 16.5. The Hall–Kier alpha value is -3.35. The molecule has 7 nitrogen and oxygen atoms in total. The number of primary amides is 1. The molecule has 1 aliphatic rings. The zero-order chi connectivity index (χ0) is 22.4. The Morgan fingerprint density at radius 3 is 2.48 bits per heavy atom. The molecule has 0 saturated carbocycles. The summed E-state index contributed by atoms with van der Waals surface area (Å²) in [4.78, 5) is 21.7. The number of aromatic hydroxyl groups is 1. The number of amides is 1. The highest BCUT2D eigenvalue weighted by Gasteiger charge is 2.19. The van der Waals surface area contributed by atoms with Crippen LogP contribution in [0.2, 0.25) is 0 Å². The number of carbonyl (C=O) groups is 1. The van der Waals surface area contributed by atoms with Crippen LogP contribution in [0.3, 0.4) is 0 Å². The average Bonchev–Trinajstić information content (AvgIpc) is 3.27. The maximum Gasteiger partial charge on any atom is 0.404 e. The maximum absolute atomic E-state index is 10.2. The molecule has 4 rings (SSSR count). The van der Waals surface area contributed by atoms with E-state index >= 15 is 0 Å². The molecule has 0 unspecified atom stereocenters. The van der Waals surface area contributed by atoms with E-state index in [2.05, 4.69) is 40.5 Å². The monoisotopic (exact) mass is 422 g/mol. The van der Waals surface area contributed by atoms with E-state index in [1.165, 1.54) is 18.4 Å². The van der Waals surface area contributed by atoms with Crippen molar-refractivity contribution in [3.63, 3.8) is 0 Å². The van der Waals surface area contributed by atoms with Crippen LogP contribution in [0.15, 0.2) is 42.5 Å². The first-order chi connectivity index (χ1) is 14.8. The molecule has 1 aromatic heterocycles. The first-order valence-electron chi connectivity index (χ1n) is 10.6. The molecule has 1 fully saturated rings. The lowest BCUT2D eigenvalue weighted by molar-refractivity contribution is 0.143. The highest BCUT2D eigenvalue weighted by molar-refractivity contribution is 5.92. The third-order valence-electron chi connectivity index (χ3n) is 4.94. The molecule has 2 heterocycles. The van der Waals surface area contributed by atoms with E-state index in [-0.39, 0.29) is 5.75 Å². The Morgan fingerprint density at radius 1 is 1.16 bits per heavy atom. The minimum atomic E-state index is -0.696. The lowest BCUT2D eigenvalue weighted by Gasteiger charge is -2.19. The number of benzene rings is 2. The van der Waals surface area contributed by atoms with E-state index in [0.717, 1.165) is 29.8 Å². The molecule has 2 aromatic carbocycles. The largest absolute Gasteiger partial charge is 0.507 e. The minimum absolute atomic E-state index is 0.215. The summed E-state index contributed by atoms with van der Waals surface area (Å²) in [6, 6.07) is 13.5. The van der Waals surface area contributed by atoms with Crippen molar-refractivity contribution in [3.8, 4) is 17.1 Å². The van der Waals surface area contributed by atoms with E-state index in [1.807, 2.05) is 32.0 Å².